The average Bonchev–Trinajstić information content (AvgIpc) is 2.40. The number of aromatic nitrogens is 4. The van der Waals surface area contributed by atoms with E-state index in [2.05, 4.69) is 25.3 Å². The van der Waals surface area contributed by atoms with E-state index in [0.717, 1.165) is 24.2 Å². The molecule has 0 fully saturated rings. The Morgan fingerprint density at radius 1 is 1.35 bits per heavy atom. The summed E-state index contributed by atoms with van der Waals surface area (Å²) in [6.45, 7) is 1.46. The van der Waals surface area contributed by atoms with Crippen LogP contribution in [0.2, 0.25) is 0 Å². The molecular weight excluding hydrogens is 218 g/mol. The molecule has 0 bridgehead atoms. The molecule has 86 valence electrons. The molecule has 1 aliphatic heterocycles. The van der Waals surface area contributed by atoms with Crippen molar-refractivity contribution in [2.75, 3.05) is 6.54 Å². The molecule has 6 heteroatoms. The van der Waals surface area contributed by atoms with Crippen molar-refractivity contribution < 1.29 is 0 Å². The van der Waals surface area contributed by atoms with Gasteiger partial charge in [-0.25, -0.2) is 15.0 Å². The molecule has 0 aromatic carbocycles. The van der Waals surface area contributed by atoms with E-state index in [-0.39, 0.29) is 5.56 Å². The van der Waals surface area contributed by atoms with Gasteiger partial charge in [-0.05, 0) is 19.0 Å². The summed E-state index contributed by atoms with van der Waals surface area (Å²) in [5.74, 6) is 0.500. The van der Waals surface area contributed by atoms with Crippen LogP contribution in [0.1, 0.15) is 11.3 Å². The van der Waals surface area contributed by atoms with Gasteiger partial charge in [-0.2, -0.15) is 0 Å². The predicted octanol–water partition coefficient (Wildman–Crippen LogP) is -0.127. The van der Waals surface area contributed by atoms with Crippen LogP contribution >= 0.6 is 0 Å². The van der Waals surface area contributed by atoms with Crippen molar-refractivity contribution in [1.29, 1.82) is 0 Å². The zero-order valence-electron chi connectivity index (χ0n) is 9.10. The number of nitrogens with zero attached hydrogens (tertiary/aromatic N) is 3. The summed E-state index contributed by atoms with van der Waals surface area (Å²) in [4.78, 5) is 27.0. The first-order valence-electron chi connectivity index (χ1n) is 5.44. The van der Waals surface area contributed by atoms with E-state index in [0.29, 0.717) is 18.1 Å². The zero-order chi connectivity index (χ0) is 11.7. The Hall–Kier alpha value is -2.08. The van der Waals surface area contributed by atoms with Crippen molar-refractivity contribution >= 4 is 0 Å². The molecule has 0 amide bonds. The Morgan fingerprint density at radius 2 is 2.29 bits per heavy atom. The second-order valence-corrected chi connectivity index (χ2v) is 3.86. The molecule has 1 aliphatic rings. The van der Waals surface area contributed by atoms with Gasteiger partial charge in [0.2, 0.25) is 0 Å². The van der Waals surface area contributed by atoms with Crippen molar-refractivity contribution in [3.8, 4) is 11.5 Å². The molecule has 2 N–H and O–H groups in total. The summed E-state index contributed by atoms with van der Waals surface area (Å²) in [5.41, 5.74) is 2.16. The fraction of sp³-hybridized carbons (Fsp3) is 0.273. The highest BCUT2D eigenvalue weighted by Gasteiger charge is 2.15. The van der Waals surface area contributed by atoms with Gasteiger partial charge in [0.05, 0.1) is 5.69 Å². The maximum atomic E-state index is 11.9. The Labute approximate surface area is 97.2 Å². The van der Waals surface area contributed by atoms with Gasteiger partial charge in [-0.3, -0.25) is 4.79 Å². The van der Waals surface area contributed by atoms with Gasteiger partial charge in [-0.15, -0.1) is 0 Å². The summed E-state index contributed by atoms with van der Waals surface area (Å²) in [5, 5.41) is 3.20. The molecule has 0 atom stereocenters. The van der Waals surface area contributed by atoms with Gasteiger partial charge in [0.25, 0.3) is 5.56 Å². The van der Waals surface area contributed by atoms with E-state index in [1.807, 2.05) is 0 Å². The highest BCUT2D eigenvalue weighted by Crippen LogP contribution is 2.12. The number of nitrogens with one attached hydrogen (secondary N) is 2. The Morgan fingerprint density at radius 3 is 3.12 bits per heavy atom. The molecule has 3 rings (SSSR count). The Kier molecular flexibility index (Phi) is 2.41. The first kappa shape index (κ1) is 10.1. The van der Waals surface area contributed by atoms with Crippen LogP contribution in [-0.2, 0) is 13.0 Å². The fourth-order valence-corrected chi connectivity index (χ4v) is 1.92. The molecule has 2 aromatic rings. The smallest absolute Gasteiger partial charge is 0.254 e. The summed E-state index contributed by atoms with van der Waals surface area (Å²) >= 11 is 0. The second kappa shape index (κ2) is 4.06. The monoisotopic (exact) mass is 229 g/mol. The number of hydrogen-bond donors (Lipinski definition) is 2. The fourth-order valence-electron chi connectivity index (χ4n) is 1.92. The number of hydrogen-bond acceptors (Lipinski definition) is 5. The predicted molar refractivity (Wildman–Crippen MR) is 61.3 cm³/mol. The highest BCUT2D eigenvalue weighted by molar-refractivity contribution is 5.48. The first-order valence-corrected chi connectivity index (χ1v) is 5.44. The molecule has 2 aromatic heterocycles. The third-order valence-corrected chi connectivity index (χ3v) is 2.77. The van der Waals surface area contributed by atoms with Gasteiger partial charge in [-0.1, -0.05) is 0 Å². The molecule has 0 aliphatic carbocycles. The van der Waals surface area contributed by atoms with Crippen molar-refractivity contribution in [3.05, 3.63) is 40.2 Å². The van der Waals surface area contributed by atoms with Crippen LogP contribution in [-0.4, -0.2) is 26.5 Å². The molecule has 6 nitrogen and oxygen atoms in total. The Balaban J connectivity index is 2.14. The van der Waals surface area contributed by atoms with E-state index in [4.69, 9.17) is 0 Å². The molecule has 0 spiro atoms. The van der Waals surface area contributed by atoms with Gasteiger partial charge in [0, 0.05) is 18.3 Å². The number of H-pyrrole nitrogens is 1. The Bertz CT molecular complexity index is 593. The summed E-state index contributed by atoms with van der Waals surface area (Å²) in [7, 11) is 0. The van der Waals surface area contributed by atoms with E-state index in [1.54, 1.807) is 12.3 Å². The van der Waals surface area contributed by atoms with Crippen LogP contribution in [0.4, 0.5) is 0 Å². The minimum absolute atomic E-state index is 0.0647. The van der Waals surface area contributed by atoms with Gasteiger partial charge < -0.3 is 10.3 Å². The van der Waals surface area contributed by atoms with Crippen molar-refractivity contribution in [2.24, 2.45) is 0 Å². The molecule has 17 heavy (non-hydrogen) atoms. The largest absolute Gasteiger partial charge is 0.311 e. The number of fused-ring (bicyclic) bond motifs is 1. The van der Waals surface area contributed by atoms with Crippen molar-refractivity contribution in [3.63, 3.8) is 0 Å². The van der Waals surface area contributed by atoms with Gasteiger partial charge in [0.1, 0.15) is 12.0 Å². The van der Waals surface area contributed by atoms with Crippen LogP contribution < -0.4 is 10.9 Å². The van der Waals surface area contributed by atoms with Crippen LogP contribution in [0.3, 0.4) is 0 Å². The lowest BCUT2D eigenvalue weighted by atomic mass is 10.1. The summed E-state index contributed by atoms with van der Waals surface area (Å²) < 4.78 is 0. The maximum absolute atomic E-state index is 11.9. The zero-order valence-corrected chi connectivity index (χ0v) is 9.10. The lowest BCUT2D eigenvalue weighted by Crippen LogP contribution is -2.31. The molecule has 0 saturated carbocycles. The number of rotatable bonds is 1. The lowest BCUT2D eigenvalue weighted by Gasteiger charge is -2.15. The minimum atomic E-state index is -0.0647. The average molecular weight is 229 g/mol. The van der Waals surface area contributed by atoms with E-state index < -0.39 is 0 Å². The summed E-state index contributed by atoms with van der Waals surface area (Å²) in [6, 6.07) is 1.72. The third kappa shape index (κ3) is 1.83. The summed E-state index contributed by atoms with van der Waals surface area (Å²) in [6.07, 6.45) is 3.79. The van der Waals surface area contributed by atoms with E-state index in [1.165, 1.54) is 6.33 Å². The van der Waals surface area contributed by atoms with Gasteiger partial charge in [0.15, 0.2) is 5.82 Å². The van der Waals surface area contributed by atoms with Crippen molar-refractivity contribution in [1.82, 2.24) is 25.3 Å². The topological polar surface area (TPSA) is 83.6 Å². The molecule has 0 radical (unpaired) electrons. The van der Waals surface area contributed by atoms with E-state index >= 15 is 0 Å². The van der Waals surface area contributed by atoms with Crippen LogP contribution in [0.5, 0.6) is 0 Å². The second-order valence-electron chi connectivity index (χ2n) is 3.86. The molecular formula is C11H11N5O. The van der Waals surface area contributed by atoms with Crippen molar-refractivity contribution in [2.45, 2.75) is 13.0 Å². The van der Waals surface area contributed by atoms with Gasteiger partial charge >= 0.3 is 0 Å². The van der Waals surface area contributed by atoms with Crippen LogP contribution in [0.15, 0.2) is 23.4 Å². The van der Waals surface area contributed by atoms with Crippen LogP contribution in [0.25, 0.3) is 11.5 Å². The maximum Gasteiger partial charge on any atom is 0.254 e. The minimum Gasteiger partial charge on any atom is -0.311 e. The van der Waals surface area contributed by atoms with E-state index in [9.17, 15) is 4.79 Å². The first-order chi connectivity index (χ1) is 8.34. The lowest BCUT2D eigenvalue weighted by molar-refractivity contribution is 0.619. The van der Waals surface area contributed by atoms with Crippen LogP contribution in [0, 0.1) is 0 Å². The third-order valence-electron chi connectivity index (χ3n) is 2.77. The normalized spacial score (nSPS) is 14.4. The standard InChI is InChI=1S/C11H11N5O/c17-11-7-1-3-12-5-9(7)15-10(16-11)8-2-4-13-6-14-8/h2,4,6,12H,1,3,5H2,(H,15,16,17). The highest BCUT2D eigenvalue weighted by atomic mass is 16.1. The number of aromatic amines is 1. The molecule has 3 heterocycles. The SMILES string of the molecule is O=c1[nH]c(-c2ccncn2)nc2c1CCNC2. The molecule has 0 saturated heterocycles. The quantitative estimate of drug-likeness (QED) is 0.711. The molecule has 0 unspecified atom stereocenters.